The summed E-state index contributed by atoms with van der Waals surface area (Å²) in [5, 5.41) is 5.90. The van der Waals surface area contributed by atoms with Gasteiger partial charge in [0.1, 0.15) is 0 Å². The van der Waals surface area contributed by atoms with Crippen molar-refractivity contribution in [2.24, 2.45) is 5.92 Å². The Morgan fingerprint density at radius 2 is 1.74 bits per heavy atom. The molecule has 0 aromatic carbocycles. The normalized spacial score (nSPS) is 26.8. The highest BCUT2D eigenvalue weighted by Crippen LogP contribution is 2.37. The van der Waals surface area contributed by atoms with E-state index in [1.165, 1.54) is 25.7 Å². The van der Waals surface area contributed by atoms with E-state index < -0.39 is 0 Å². The first-order valence-electron chi connectivity index (χ1n) is 9.17. The van der Waals surface area contributed by atoms with E-state index in [2.05, 4.69) is 20.4 Å². The number of hydrogen-bond acceptors (Lipinski definition) is 3. The van der Waals surface area contributed by atoms with E-state index in [4.69, 9.17) is 0 Å². The highest BCUT2D eigenvalue weighted by molar-refractivity contribution is 5.77. The fraction of sp³-hybridized carbons (Fsp3) is 0.882. The van der Waals surface area contributed by atoms with Gasteiger partial charge in [0.25, 0.3) is 0 Å². The molecule has 3 aliphatic rings. The molecular weight excluding hydrogens is 292 g/mol. The van der Waals surface area contributed by atoms with Crippen molar-refractivity contribution in [1.82, 2.24) is 20.4 Å². The maximum absolute atomic E-state index is 12.6. The summed E-state index contributed by atoms with van der Waals surface area (Å²) in [5.41, 5.74) is 0. The van der Waals surface area contributed by atoms with Crippen molar-refractivity contribution in [2.45, 2.75) is 57.0 Å². The van der Waals surface area contributed by atoms with E-state index in [-0.39, 0.29) is 18.0 Å². The van der Waals surface area contributed by atoms with E-state index in [0.29, 0.717) is 12.6 Å². The molecule has 1 atom stereocenters. The lowest BCUT2D eigenvalue weighted by Crippen LogP contribution is -2.52. The van der Waals surface area contributed by atoms with Crippen LogP contribution in [0.4, 0.5) is 4.79 Å². The molecule has 23 heavy (non-hydrogen) atoms. The van der Waals surface area contributed by atoms with Gasteiger partial charge in [-0.2, -0.15) is 0 Å². The van der Waals surface area contributed by atoms with Crippen molar-refractivity contribution in [3.8, 4) is 0 Å². The minimum Gasteiger partial charge on any atom is -0.358 e. The van der Waals surface area contributed by atoms with Gasteiger partial charge in [0, 0.05) is 38.8 Å². The monoisotopic (exact) mass is 322 g/mol. The number of nitrogens with zero attached hydrogens (tertiary/aromatic N) is 2. The second-order valence-corrected chi connectivity index (χ2v) is 7.27. The van der Waals surface area contributed by atoms with Crippen LogP contribution in [-0.4, -0.2) is 67.0 Å². The van der Waals surface area contributed by atoms with Crippen LogP contribution >= 0.6 is 0 Å². The smallest absolute Gasteiger partial charge is 0.317 e. The van der Waals surface area contributed by atoms with E-state index in [9.17, 15) is 9.59 Å². The van der Waals surface area contributed by atoms with Crippen molar-refractivity contribution in [3.05, 3.63) is 0 Å². The van der Waals surface area contributed by atoms with Crippen LogP contribution in [0.25, 0.3) is 0 Å². The third kappa shape index (κ3) is 3.97. The number of rotatable bonds is 4. The zero-order valence-electron chi connectivity index (χ0n) is 14.2. The molecule has 0 spiro atoms. The van der Waals surface area contributed by atoms with Gasteiger partial charge in [-0.15, -0.1) is 0 Å². The molecule has 0 radical (unpaired) electrons. The molecule has 6 heteroatoms. The summed E-state index contributed by atoms with van der Waals surface area (Å²) < 4.78 is 0. The van der Waals surface area contributed by atoms with E-state index >= 15 is 0 Å². The Morgan fingerprint density at radius 1 is 1.00 bits per heavy atom. The molecule has 2 heterocycles. The highest BCUT2D eigenvalue weighted by atomic mass is 16.2. The summed E-state index contributed by atoms with van der Waals surface area (Å²) >= 11 is 0. The van der Waals surface area contributed by atoms with Crippen LogP contribution in [0.1, 0.15) is 44.9 Å². The predicted octanol–water partition coefficient (Wildman–Crippen LogP) is 1.17. The third-order valence-electron chi connectivity index (χ3n) is 5.82. The van der Waals surface area contributed by atoms with E-state index in [0.717, 1.165) is 44.8 Å². The first-order chi connectivity index (χ1) is 11.2. The topological polar surface area (TPSA) is 64.7 Å². The molecule has 0 bridgehead atoms. The molecule has 3 fully saturated rings. The molecule has 0 aromatic heterocycles. The van der Waals surface area contributed by atoms with E-state index in [1.54, 1.807) is 7.05 Å². The molecule has 130 valence electrons. The van der Waals surface area contributed by atoms with Gasteiger partial charge in [0.05, 0.1) is 6.54 Å². The third-order valence-corrected chi connectivity index (χ3v) is 5.82. The first kappa shape index (κ1) is 16.6. The number of likely N-dealkylation sites (N-methyl/N-ethyl adjacent to an activating group) is 1. The molecule has 6 nitrogen and oxygen atoms in total. The molecule has 3 rings (SSSR count). The fourth-order valence-corrected chi connectivity index (χ4v) is 4.13. The Morgan fingerprint density at radius 3 is 2.35 bits per heavy atom. The Labute approximate surface area is 139 Å². The molecule has 0 aromatic rings. The van der Waals surface area contributed by atoms with Crippen molar-refractivity contribution in [3.63, 3.8) is 0 Å². The zero-order chi connectivity index (χ0) is 16.2. The summed E-state index contributed by atoms with van der Waals surface area (Å²) in [6.45, 7) is 3.14. The van der Waals surface area contributed by atoms with Crippen LogP contribution in [0.3, 0.4) is 0 Å². The van der Waals surface area contributed by atoms with Gasteiger partial charge in [-0.1, -0.05) is 6.42 Å². The van der Waals surface area contributed by atoms with Crippen molar-refractivity contribution < 1.29 is 9.59 Å². The Kier molecular flexibility index (Phi) is 5.41. The number of piperidine rings is 1. The number of carbonyl (C=O) groups is 2. The quantitative estimate of drug-likeness (QED) is 0.817. The summed E-state index contributed by atoms with van der Waals surface area (Å²) in [6.07, 6.45) is 8.14. The van der Waals surface area contributed by atoms with Gasteiger partial charge >= 0.3 is 6.03 Å². The van der Waals surface area contributed by atoms with E-state index in [1.807, 2.05) is 0 Å². The van der Waals surface area contributed by atoms with Crippen LogP contribution in [0.5, 0.6) is 0 Å². The van der Waals surface area contributed by atoms with Crippen molar-refractivity contribution in [1.29, 1.82) is 0 Å². The molecule has 2 N–H and O–H groups in total. The number of hydrogen-bond donors (Lipinski definition) is 2. The standard InChI is InChI=1S/C17H30N4O2/c1-18-16(22)12-20-10-7-14(8-11-20)19-17(23)21-9-3-6-15(21)13-4-2-5-13/h13-15H,2-12H2,1H3,(H,18,22)(H,19,23). The number of likely N-dealkylation sites (tertiary alicyclic amines) is 2. The van der Waals surface area contributed by atoms with Crippen LogP contribution in [0.15, 0.2) is 0 Å². The average Bonchev–Trinajstić information content (AvgIpc) is 2.96. The first-order valence-corrected chi connectivity index (χ1v) is 9.17. The lowest BCUT2D eigenvalue weighted by molar-refractivity contribution is -0.122. The van der Waals surface area contributed by atoms with Gasteiger partial charge in [-0.05, 0) is 44.4 Å². The van der Waals surface area contributed by atoms with Crippen LogP contribution in [-0.2, 0) is 4.79 Å². The Balaban J connectivity index is 1.43. The van der Waals surface area contributed by atoms with Gasteiger partial charge in [0.2, 0.25) is 5.91 Å². The lowest BCUT2D eigenvalue weighted by Gasteiger charge is -2.38. The summed E-state index contributed by atoms with van der Waals surface area (Å²) in [7, 11) is 1.67. The molecule has 2 saturated heterocycles. The number of amides is 3. The van der Waals surface area contributed by atoms with Gasteiger partial charge in [-0.25, -0.2) is 4.79 Å². The number of nitrogens with one attached hydrogen (secondary N) is 2. The molecule has 3 amide bonds. The summed E-state index contributed by atoms with van der Waals surface area (Å²) in [6, 6.07) is 0.882. The Hall–Kier alpha value is -1.30. The zero-order valence-corrected chi connectivity index (χ0v) is 14.2. The maximum atomic E-state index is 12.6. The molecule has 1 aliphatic carbocycles. The number of urea groups is 1. The summed E-state index contributed by atoms with van der Waals surface area (Å²) in [4.78, 5) is 28.3. The average molecular weight is 322 g/mol. The molecular formula is C17H30N4O2. The summed E-state index contributed by atoms with van der Waals surface area (Å²) in [5.74, 6) is 0.811. The maximum Gasteiger partial charge on any atom is 0.317 e. The lowest BCUT2D eigenvalue weighted by atomic mass is 9.79. The van der Waals surface area contributed by atoms with Crippen LogP contribution in [0.2, 0.25) is 0 Å². The number of carbonyl (C=O) groups excluding carboxylic acids is 2. The second kappa shape index (κ2) is 7.51. The molecule has 1 saturated carbocycles. The molecule has 2 aliphatic heterocycles. The predicted molar refractivity (Wildman–Crippen MR) is 89.1 cm³/mol. The van der Waals surface area contributed by atoms with Crippen LogP contribution in [0, 0.1) is 5.92 Å². The fourth-order valence-electron chi connectivity index (χ4n) is 4.13. The van der Waals surface area contributed by atoms with Gasteiger partial charge in [-0.3, -0.25) is 9.69 Å². The Bertz CT molecular complexity index is 430. The SMILES string of the molecule is CNC(=O)CN1CCC(NC(=O)N2CCCC2C2CCC2)CC1. The van der Waals surface area contributed by atoms with Crippen molar-refractivity contribution in [2.75, 3.05) is 33.2 Å². The van der Waals surface area contributed by atoms with Crippen molar-refractivity contribution >= 4 is 11.9 Å². The van der Waals surface area contributed by atoms with Gasteiger partial charge in [0.15, 0.2) is 0 Å². The van der Waals surface area contributed by atoms with Crippen LogP contribution < -0.4 is 10.6 Å². The largest absolute Gasteiger partial charge is 0.358 e. The molecule has 1 unspecified atom stereocenters. The highest BCUT2D eigenvalue weighted by Gasteiger charge is 2.37. The van der Waals surface area contributed by atoms with Gasteiger partial charge < -0.3 is 15.5 Å². The minimum absolute atomic E-state index is 0.0629. The second-order valence-electron chi connectivity index (χ2n) is 7.27. The minimum atomic E-state index is 0.0629.